The number of aliphatic hydroxyl groups is 1. The molecule has 114 valence electrons. The van der Waals surface area contributed by atoms with Gasteiger partial charge in [-0.25, -0.2) is 0 Å². The van der Waals surface area contributed by atoms with Gasteiger partial charge in [-0.3, -0.25) is 0 Å². The molecule has 0 saturated heterocycles. The molecule has 0 amide bonds. The van der Waals surface area contributed by atoms with Crippen LogP contribution in [0.2, 0.25) is 0 Å². The van der Waals surface area contributed by atoms with E-state index in [-0.39, 0.29) is 6.61 Å². The minimum absolute atomic E-state index is 0.181. The van der Waals surface area contributed by atoms with Crippen LogP contribution in [0.3, 0.4) is 0 Å². The summed E-state index contributed by atoms with van der Waals surface area (Å²) in [4.78, 5) is 0. The molecule has 1 aromatic rings. The van der Waals surface area contributed by atoms with Crippen LogP contribution in [0.15, 0.2) is 30.3 Å². The minimum Gasteiger partial charge on any atom is -0.386 e. The highest BCUT2D eigenvalue weighted by atomic mass is 28.4. The van der Waals surface area contributed by atoms with Crippen LogP contribution in [-0.4, -0.2) is 55.3 Å². The van der Waals surface area contributed by atoms with Gasteiger partial charge < -0.3 is 27.5 Å². The molecule has 7 heteroatoms. The van der Waals surface area contributed by atoms with Crippen molar-refractivity contribution in [2.45, 2.75) is 12.2 Å². The summed E-state index contributed by atoms with van der Waals surface area (Å²) in [6.45, 7) is 0.181. The average Bonchev–Trinajstić information content (AvgIpc) is 2.52. The molecular weight excluding hydrogens is 280 g/mol. The van der Waals surface area contributed by atoms with Gasteiger partial charge in [0.15, 0.2) is 0 Å². The highest BCUT2D eigenvalue weighted by Crippen LogP contribution is 2.23. The second-order valence-electron chi connectivity index (χ2n) is 4.08. The standard InChI is InChI=1S/C13H22O6Si/c1-15-10-12(19-20(16-2,17-3)18-4)13(14)11-8-6-5-7-9-11/h5-9,12-14H,10H2,1-4H3. The van der Waals surface area contributed by atoms with E-state index in [9.17, 15) is 5.11 Å². The molecule has 0 bridgehead atoms. The van der Waals surface area contributed by atoms with Crippen LogP contribution in [-0.2, 0) is 22.4 Å². The molecule has 0 saturated carbocycles. The monoisotopic (exact) mass is 302 g/mol. The quantitative estimate of drug-likeness (QED) is 0.690. The molecule has 0 heterocycles. The first kappa shape index (κ1) is 17.2. The third kappa shape index (κ3) is 4.35. The summed E-state index contributed by atoms with van der Waals surface area (Å²) < 4.78 is 26.5. The van der Waals surface area contributed by atoms with Crippen LogP contribution >= 0.6 is 0 Å². The second-order valence-corrected chi connectivity index (χ2v) is 6.54. The van der Waals surface area contributed by atoms with Crippen molar-refractivity contribution in [2.24, 2.45) is 0 Å². The van der Waals surface area contributed by atoms with E-state index in [2.05, 4.69) is 0 Å². The zero-order valence-corrected chi connectivity index (χ0v) is 13.2. The average molecular weight is 302 g/mol. The van der Waals surface area contributed by atoms with Gasteiger partial charge in [0.1, 0.15) is 12.2 Å². The summed E-state index contributed by atoms with van der Waals surface area (Å²) in [5.41, 5.74) is 0.723. The fourth-order valence-corrected chi connectivity index (χ4v) is 3.15. The smallest absolute Gasteiger partial charge is 0.386 e. The summed E-state index contributed by atoms with van der Waals surface area (Å²) >= 11 is 0. The van der Waals surface area contributed by atoms with E-state index in [1.807, 2.05) is 30.3 Å². The molecule has 0 radical (unpaired) electrons. The van der Waals surface area contributed by atoms with E-state index in [0.29, 0.717) is 0 Å². The van der Waals surface area contributed by atoms with E-state index in [1.54, 1.807) is 0 Å². The highest BCUT2D eigenvalue weighted by Gasteiger charge is 2.46. The Labute approximate surface area is 120 Å². The van der Waals surface area contributed by atoms with Gasteiger partial charge in [0.2, 0.25) is 0 Å². The van der Waals surface area contributed by atoms with Crippen molar-refractivity contribution in [3.63, 3.8) is 0 Å². The van der Waals surface area contributed by atoms with Gasteiger partial charge in [0.25, 0.3) is 0 Å². The molecule has 1 rings (SSSR count). The second kappa shape index (κ2) is 8.48. The summed E-state index contributed by atoms with van der Waals surface area (Å²) in [5.74, 6) is 0. The number of hydrogen-bond acceptors (Lipinski definition) is 6. The molecule has 0 fully saturated rings. The number of aliphatic hydroxyl groups excluding tert-OH is 1. The van der Waals surface area contributed by atoms with Crippen molar-refractivity contribution in [3.8, 4) is 0 Å². The van der Waals surface area contributed by atoms with Crippen LogP contribution in [0.25, 0.3) is 0 Å². The molecule has 1 aromatic carbocycles. The SMILES string of the molecule is COCC(O[Si](OC)(OC)OC)C(O)c1ccccc1. The van der Waals surface area contributed by atoms with Crippen molar-refractivity contribution >= 4 is 9.05 Å². The first-order chi connectivity index (χ1) is 9.62. The van der Waals surface area contributed by atoms with Crippen LogP contribution < -0.4 is 0 Å². The summed E-state index contributed by atoms with van der Waals surface area (Å²) in [7, 11) is 2.61. The van der Waals surface area contributed by atoms with Crippen LogP contribution in [0.1, 0.15) is 11.7 Å². The molecule has 0 aliphatic heterocycles. The maximum absolute atomic E-state index is 10.4. The molecule has 1 N–H and O–H groups in total. The highest BCUT2D eigenvalue weighted by molar-refractivity contribution is 6.53. The van der Waals surface area contributed by atoms with Crippen molar-refractivity contribution in [1.29, 1.82) is 0 Å². The van der Waals surface area contributed by atoms with Crippen LogP contribution in [0, 0.1) is 0 Å². The predicted molar refractivity (Wildman–Crippen MR) is 74.9 cm³/mol. The Kier molecular flexibility index (Phi) is 7.31. The zero-order valence-electron chi connectivity index (χ0n) is 12.2. The van der Waals surface area contributed by atoms with Crippen molar-refractivity contribution in [2.75, 3.05) is 35.0 Å². The van der Waals surface area contributed by atoms with Crippen LogP contribution in [0.4, 0.5) is 0 Å². The molecule has 2 unspecified atom stereocenters. The molecule has 0 aromatic heterocycles. The lowest BCUT2D eigenvalue weighted by molar-refractivity contribution is -0.0854. The van der Waals surface area contributed by atoms with Gasteiger partial charge in [-0.05, 0) is 5.56 Å². The predicted octanol–water partition coefficient (Wildman–Crippen LogP) is 1.13. The van der Waals surface area contributed by atoms with E-state index >= 15 is 0 Å². The normalized spacial score (nSPS) is 15.1. The third-order valence-electron chi connectivity index (χ3n) is 2.87. The zero-order chi connectivity index (χ0) is 15.0. The topological polar surface area (TPSA) is 66.4 Å². The van der Waals surface area contributed by atoms with E-state index in [0.717, 1.165) is 5.56 Å². The molecule has 0 spiro atoms. The van der Waals surface area contributed by atoms with Crippen molar-refractivity contribution < 1.29 is 27.5 Å². The van der Waals surface area contributed by atoms with Gasteiger partial charge in [-0.15, -0.1) is 0 Å². The Morgan fingerprint density at radius 3 is 2.00 bits per heavy atom. The first-order valence-electron chi connectivity index (χ1n) is 6.17. The van der Waals surface area contributed by atoms with Gasteiger partial charge >= 0.3 is 9.05 Å². The van der Waals surface area contributed by atoms with E-state index in [4.69, 9.17) is 22.4 Å². The number of rotatable bonds is 9. The van der Waals surface area contributed by atoms with Gasteiger partial charge in [-0.2, -0.15) is 0 Å². The largest absolute Gasteiger partial charge is 0.679 e. The minimum atomic E-state index is -3.25. The Balaban J connectivity index is 2.88. The lowest BCUT2D eigenvalue weighted by atomic mass is 10.1. The summed E-state index contributed by atoms with van der Waals surface area (Å²) in [6.07, 6.45) is -1.53. The van der Waals surface area contributed by atoms with E-state index in [1.165, 1.54) is 28.4 Å². The molecule has 0 aliphatic rings. The molecule has 6 nitrogen and oxygen atoms in total. The fourth-order valence-electron chi connectivity index (χ4n) is 1.80. The van der Waals surface area contributed by atoms with Crippen molar-refractivity contribution in [3.05, 3.63) is 35.9 Å². The van der Waals surface area contributed by atoms with Gasteiger partial charge in [0.05, 0.1) is 6.61 Å². The van der Waals surface area contributed by atoms with Crippen molar-refractivity contribution in [1.82, 2.24) is 0 Å². The first-order valence-corrected chi connectivity index (χ1v) is 7.81. The maximum Gasteiger partial charge on any atom is 0.679 e. The summed E-state index contributed by atoms with van der Waals surface area (Å²) in [6, 6.07) is 9.19. The number of benzene rings is 1. The number of methoxy groups -OCH3 is 1. The van der Waals surface area contributed by atoms with Gasteiger partial charge in [-0.1, -0.05) is 30.3 Å². The Bertz CT molecular complexity index is 362. The molecule has 20 heavy (non-hydrogen) atoms. The lowest BCUT2D eigenvalue weighted by Crippen LogP contribution is -2.51. The lowest BCUT2D eigenvalue weighted by Gasteiger charge is -2.30. The van der Waals surface area contributed by atoms with Gasteiger partial charge in [0, 0.05) is 28.4 Å². The molecule has 0 aliphatic carbocycles. The Morgan fingerprint density at radius 1 is 1.00 bits per heavy atom. The fraction of sp³-hybridized carbons (Fsp3) is 0.538. The third-order valence-corrected chi connectivity index (χ3v) is 4.96. The van der Waals surface area contributed by atoms with E-state index < -0.39 is 21.3 Å². The number of hydrogen-bond donors (Lipinski definition) is 1. The summed E-state index contributed by atoms with van der Waals surface area (Å²) in [5, 5.41) is 10.4. The maximum atomic E-state index is 10.4. The van der Waals surface area contributed by atoms with Crippen LogP contribution in [0.5, 0.6) is 0 Å². The molecule has 2 atom stereocenters. The number of ether oxygens (including phenoxy) is 1. The Morgan fingerprint density at radius 2 is 1.55 bits per heavy atom. The molecular formula is C13H22O6Si. The Hall–Kier alpha value is -0.803.